The fourth-order valence-corrected chi connectivity index (χ4v) is 3.35. The zero-order valence-electron chi connectivity index (χ0n) is 12.8. The van der Waals surface area contributed by atoms with Crippen LogP contribution in [0.4, 0.5) is 0 Å². The van der Waals surface area contributed by atoms with E-state index in [1.165, 1.54) is 10.5 Å². The van der Waals surface area contributed by atoms with Crippen LogP contribution in [0.3, 0.4) is 0 Å². The van der Waals surface area contributed by atoms with E-state index in [0.717, 1.165) is 16.4 Å². The summed E-state index contributed by atoms with van der Waals surface area (Å²) in [6.45, 7) is 2.13. The van der Waals surface area contributed by atoms with Crippen molar-refractivity contribution in [1.29, 1.82) is 0 Å². The first-order valence-electron chi connectivity index (χ1n) is 6.86. The molecule has 0 saturated carbocycles. The Balaban J connectivity index is 2.44. The summed E-state index contributed by atoms with van der Waals surface area (Å²) in [6, 6.07) is 14.4. The van der Waals surface area contributed by atoms with Gasteiger partial charge in [0, 0.05) is 16.5 Å². The Labute approximate surface area is 130 Å². The van der Waals surface area contributed by atoms with E-state index < -0.39 is 0 Å². The first-order valence-corrected chi connectivity index (χ1v) is 7.68. The number of para-hydroxylation sites is 1. The van der Waals surface area contributed by atoms with Gasteiger partial charge in [-0.25, -0.2) is 0 Å². The molecule has 0 amide bonds. The van der Waals surface area contributed by atoms with Gasteiger partial charge in [0.1, 0.15) is 11.5 Å². The third-order valence-electron chi connectivity index (χ3n) is 3.40. The number of benzene rings is 2. The maximum Gasteiger partial charge on any atom is 0.132 e. The fourth-order valence-electron chi connectivity index (χ4n) is 2.18. The molecular formula is C17H21NO2S. The highest BCUT2D eigenvalue weighted by Crippen LogP contribution is 2.41. The number of hydrogen-bond donors (Lipinski definition) is 1. The molecule has 2 aromatic carbocycles. The molecule has 1 N–H and O–H groups in total. The quantitative estimate of drug-likeness (QED) is 0.869. The molecule has 0 aliphatic rings. The summed E-state index contributed by atoms with van der Waals surface area (Å²) in [4.78, 5) is 2.26. The molecule has 1 atom stereocenters. The summed E-state index contributed by atoms with van der Waals surface area (Å²) in [5.74, 6) is 1.78. The van der Waals surface area contributed by atoms with Crippen molar-refractivity contribution in [2.75, 3.05) is 21.3 Å². The third kappa shape index (κ3) is 3.52. The Bertz CT molecular complexity index is 601. The Hall–Kier alpha value is -1.65. The van der Waals surface area contributed by atoms with E-state index in [2.05, 4.69) is 24.4 Å². The molecule has 0 heterocycles. The summed E-state index contributed by atoms with van der Waals surface area (Å²) in [6.07, 6.45) is 0. The number of hydrogen-bond acceptors (Lipinski definition) is 4. The zero-order valence-corrected chi connectivity index (χ0v) is 13.7. The molecule has 0 bridgehead atoms. The minimum Gasteiger partial charge on any atom is -0.496 e. The van der Waals surface area contributed by atoms with E-state index in [1.807, 2.05) is 37.4 Å². The molecule has 2 rings (SSSR count). The Morgan fingerprint density at radius 3 is 2.19 bits per heavy atom. The van der Waals surface area contributed by atoms with Crippen LogP contribution in [0.25, 0.3) is 0 Å². The topological polar surface area (TPSA) is 30.5 Å². The summed E-state index contributed by atoms with van der Waals surface area (Å²) in [5.41, 5.74) is 1.17. The van der Waals surface area contributed by atoms with E-state index in [-0.39, 0.29) is 6.04 Å². The molecule has 2 aromatic rings. The fraction of sp³-hybridized carbons (Fsp3) is 0.294. The monoisotopic (exact) mass is 303 g/mol. The second kappa shape index (κ2) is 7.38. The molecule has 0 aliphatic heterocycles. The average molecular weight is 303 g/mol. The standard InChI is InChI=1S/C17H21NO2S/c1-12(18-2)17-14(20-4)9-7-11-16(17)21-15-10-6-5-8-13(15)19-3/h5-12,18H,1-4H3. The van der Waals surface area contributed by atoms with Crippen LogP contribution in [0.5, 0.6) is 11.5 Å². The van der Waals surface area contributed by atoms with Crippen molar-refractivity contribution >= 4 is 11.8 Å². The van der Waals surface area contributed by atoms with Crippen molar-refractivity contribution in [3.63, 3.8) is 0 Å². The van der Waals surface area contributed by atoms with Crippen molar-refractivity contribution in [2.24, 2.45) is 0 Å². The van der Waals surface area contributed by atoms with Gasteiger partial charge in [0.05, 0.1) is 19.1 Å². The van der Waals surface area contributed by atoms with E-state index in [0.29, 0.717) is 0 Å². The maximum atomic E-state index is 5.52. The molecule has 112 valence electrons. The highest BCUT2D eigenvalue weighted by molar-refractivity contribution is 7.99. The predicted octanol–water partition coefficient (Wildman–Crippen LogP) is 4.14. The first-order chi connectivity index (χ1) is 10.2. The van der Waals surface area contributed by atoms with Crippen LogP contribution in [-0.2, 0) is 0 Å². The van der Waals surface area contributed by atoms with E-state index in [1.54, 1.807) is 26.0 Å². The zero-order chi connectivity index (χ0) is 15.2. The minimum atomic E-state index is 0.207. The smallest absolute Gasteiger partial charge is 0.132 e. The van der Waals surface area contributed by atoms with Gasteiger partial charge in [-0.05, 0) is 38.2 Å². The number of methoxy groups -OCH3 is 2. The lowest BCUT2D eigenvalue weighted by atomic mass is 10.1. The lowest BCUT2D eigenvalue weighted by Crippen LogP contribution is -2.14. The lowest BCUT2D eigenvalue weighted by molar-refractivity contribution is 0.401. The van der Waals surface area contributed by atoms with Crippen LogP contribution in [0.2, 0.25) is 0 Å². The largest absolute Gasteiger partial charge is 0.496 e. The van der Waals surface area contributed by atoms with Gasteiger partial charge < -0.3 is 14.8 Å². The van der Waals surface area contributed by atoms with Crippen LogP contribution in [0.15, 0.2) is 52.3 Å². The highest BCUT2D eigenvalue weighted by Gasteiger charge is 2.16. The Kier molecular flexibility index (Phi) is 5.53. The van der Waals surface area contributed by atoms with E-state index in [9.17, 15) is 0 Å². The van der Waals surface area contributed by atoms with E-state index >= 15 is 0 Å². The molecule has 0 aromatic heterocycles. The molecule has 0 spiro atoms. The van der Waals surface area contributed by atoms with Gasteiger partial charge in [-0.15, -0.1) is 0 Å². The molecule has 0 radical (unpaired) electrons. The summed E-state index contributed by atoms with van der Waals surface area (Å²) in [7, 11) is 5.36. The van der Waals surface area contributed by atoms with Gasteiger partial charge in [0.2, 0.25) is 0 Å². The predicted molar refractivity (Wildman–Crippen MR) is 87.6 cm³/mol. The van der Waals surface area contributed by atoms with E-state index in [4.69, 9.17) is 9.47 Å². The van der Waals surface area contributed by atoms with Gasteiger partial charge in [0.15, 0.2) is 0 Å². The van der Waals surface area contributed by atoms with Crippen molar-refractivity contribution in [3.8, 4) is 11.5 Å². The molecule has 21 heavy (non-hydrogen) atoms. The molecule has 0 aliphatic carbocycles. The van der Waals surface area contributed by atoms with Crippen LogP contribution < -0.4 is 14.8 Å². The second-order valence-corrected chi connectivity index (χ2v) is 5.72. The molecule has 0 fully saturated rings. The van der Waals surface area contributed by atoms with Crippen LogP contribution in [-0.4, -0.2) is 21.3 Å². The molecular weight excluding hydrogens is 282 g/mol. The van der Waals surface area contributed by atoms with Gasteiger partial charge in [-0.2, -0.15) is 0 Å². The van der Waals surface area contributed by atoms with Crippen LogP contribution in [0.1, 0.15) is 18.5 Å². The number of rotatable bonds is 6. The lowest BCUT2D eigenvalue weighted by Gasteiger charge is -2.19. The highest BCUT2D eigenvalue weighted by atomic mass is 32.2. The van der Waals surface area contributed by atoms with Gasteiger partial charge in [0.25, 0.3) is 0 Å². The van der Waals surface area contributed by atoms with Crippen molar-refractivity contribution in [1.82, 2.24) is 5.32 Å². The van der Waals surface area contributed by atoms with Crippen LogP contribution in [0, 0.1) is 0 Å². The first kappa shape index (κ1) is 15.7. The van der Waals surface area contributed by atoms with Gasteiger partial charge in [-0.3, -0.25) is 0 Å². The molecule has 1 unspecified atom stereocenters. The van der Waals surface area contributed by atoms with Gasteiger partial charge in [-0.1, -0.05) is 30.0 Å². The summed E-state index contributed by atoms with van der Waals surface area (Å²) < 4.78 is 11.0. The molecule has 4 heteroatoms. The normalized spacial score (nSPS) is 12.0. The van der Waals surface area contributed by atoms with Crippen molar-refractivity contribution in [3.05, 3.63) is 48.0 Å². The summed E-state index contributed by atoms with van der Waals surface area (Å²) in [5, 5.41) is 3.29. The third-order valence-corrected chi connectivity index (χ3v) is 4.53. The maximum absolute atomic E-state index is 5.52. The number of ether oxygens (including phenoxy) is 2. The molecule has 0 saturated heterocycles. The second-order valence-electron chi connectivity index (χ2n) is 4.64. The van der Waals surface area contributed by atoms with Crippen molar-refractivity contribution < 1.29 is 9.47 Å². The van der Waals surface area contributed by atoms with Crippen LogP contribution >= 0.6 is 11.8 Å². The SMILES string of the molecule is CNC(C)c1c(OC)cccc1Sc1ccccc1OC. The number of nitrogens with one attached hydrogen (secondary N) is 1. The Morgan fingerprint density at radius 2 is 1.52 bits per heavy atom. The summed E-state index contributed by atoms with van der Waals surface area (Å²) >= 11 is 1.69. The Morgan fingerprint density at radius 1 is 0.905 bits per heavy atom. The van der Waals surface area contributed by atoms with Crippen molar-refractivity contribution in [2.45, 2.75) is 22.8 Å². The molecule has 3 nitrogen and oxygen atoms in total. The van der Waals surface area contributed by atoms with Gasteiger partial charge >= 0.3 is 0 Å². The minimum absolute atomic E-state index is 0.207. The average Bonchev–Trinajstić information content (AvgIpc) is 2.54.